The van der Waals surface area contributed by atoms with E-state index in [4.69, 9.17) is 0 Å². The van der Waals surface area contributed by atoms with E-state index in [-0.39, 0.29) is 0 Å². The zero-order valence-corrected chi connectivity index (χ0v) is 18.5. The first-order valence-corrected chi connectivity index (χ1v) is 11.3. The molecule has 0 heteroatoms. The molecule has 0 N–H and O–H groups in total. The van der Waals surface area contributed by atoms with Crippen LogP contribution in [0.2, 0.25) is 0 Å². The average Bonchev–Trinajstić information content (AvgIpc) is 2.80. The quantitative estimate of drug-likeness (QED) is 0.304. The van der Waals surface area contributed by atoms with Gasteiger partial charge in [0, 0.05) is 0 Å². The third-order valence-electron chi connectivity index (χ3n) is 5.64. The van der Waals surface area contributed by atoms with E-state index in [2.05, 4.69) is 111 Å². The molecule has 0 heterocycles. The van der Waals surface area contributed by atoms with Gasteiger partial charge in [-0.25, -0.2) is 0 Å². The molecule has 0 fully saturated rings. The first-order chi connectivity index (χ1) is 14.8. The fourth-order valence-electron chi connectivity index (χ4n) is 3.72. The molecule has 30 heavy (non-hydrogen) atoms. The number of hydrogen-bond acceptors (Lipinski definition) is 0. The molecule has 0 saturated heterocycles. The maximum Gasteiger partial charge on any atom is -0.0184 e. The van der Waals surface area contributed by atoms with Crippen molar-refractivity contribution in [1.82, 2.24) is 0 Å². The van der Waals surface area contributed by atoms with E-state index < -0.39 is 0 Å². The van der Waals surface area contributed by atoms with Crippen LogP contribution >= 0.6 is 0 Å². The molecule has 0 bridgehead atoms. The van der Waals surface area contributed by atoms with Crippen molar-refractivity contribution in [2.75, 3.05) is 0 Å². The van der Waals surface area contributed by atoms with E-state index >= 15 is 0 Å². The van der Waals surface area contributed by atoms with Crippen molar-refractivity contribution in [1.29, 1.82) is 0 Å². The molecule has 0 aliphatic carbocycles. The first kappa shape index (κ1) is 21.8. The Morgan fingerprint density at radius 3 is 1.07 bits per heavy atom. The third kappa shape index (κ3) is 6.88. The highest BCUT2D eigenvalue weighted by molar-refractivity contribution is 5.64. The lowest BCUT2D eigenvalue weighted by Gasteiger charge is -2.07. The number of benzene rings is 3. The molecule has 0 saturated carbocycles. The SMILES string of the molecule is C/C=C/CCc1ccc(CCc2ccc(-c3ccc(CC/C=C/C)cc3)cc2)cc1. The number of rotatable bonds is 10. The molecule has 0 amide bonds. The predicted octanol–water partition coefficient (Wildman–Crippen LogP) is 8.16. The molecule has 3 aromatic carbocycles. The van der Waals surface area contributed by atoms with Gasteiger partial charge in [0.1, 0.15) is 0 Å². The number of hydrogen-bond donors (Lipinski definition) is 0. The van der Waals surface area contributed by atoms with Gasteiger partial charge in [0.2, 0.25) is 0 Å². The molecule has 0 spiro atoms. The van der Waals surface area contributed by atoms with Crippen LogP contribution in [0, 0.1) is 0 Å². The van der Waals surface area contributed by atoms with Crippen LogP contribution in [0.15, 0.2) is 97.1 Å². The van der Waals surface area contributed by atoms with Crippen LogP contribution in [-0.2, 0) is 25.7 Å². The molecule has 0 radical (unpaired) electrons. The molecular weight excluding hydrogens is 360 g/mol. The third-order valence-corrected chi connectivity index (χ3v) is 5.64. The van der Waals surface area contributed by atoms with Crippen LogP contribution in [0.4, 0.5) is 0 Å². The highest BCUT2D eigenvalue weighted by atomic mass is 14.1. The van der Waals surface area contributed by atoms with E-state index in [0.717, 1.165) is 38.5 Å². The molecule has 0 aromatic heterocycles. The number of aryl methyl sites for hydroxylation is 4. The highest BCUT2D eigenvalue weighted by Crippen LogP contribution is 2.21. The van der Waals surface area contributed by atoms with Gasteiger partial charge in [-0.15, -0.1) is 0 Å². The van der Waals surface area contributed by atoms with Gasteiger partial charge in [-0.1, -0.05) is 97.1 Å². The summed E-state index contributed by atoms with van der Waals surface area (Å²) in [6.07, 6.45) is 15.4. The topological polar surface area (TPSA) is 0 Å². The van der Waals surface area contributed by atoms with Crippen molar-refractivity contribution in [3.05, 3.63) is 119 Å². The molecule has 3 rings (SSSR count). The van der Waals surface area contributed by atoms with E-state index in [0.29, 0.717) is 0 Å². The fourth-order valence-corrected chi connectivity index (χ4v) is 3.72. The van der Waals surface area contributed by atoms with Crippen molar-refractivity contribution < 1.29 is 0 Å². The van der Waals surface area contributed by atoms with Crippen molar-refractivity contribution >= 4 is 0 Å². The Labute approximate surface area is 183 Å². The zero-order valence-electron chi connectivity index (χ0n) is 18.5. The van der Waals surface area contributed by atoms with Crippen LogP contribution in [-0.4, -0.2) is 0 Å². The van der Waals surface area contributed by atoms with E-state index in [1.807, 2.05) is 0 Å². The number of allylic oxidation sites excluding steroid dienone is 4. The normalized spacial score (nSPS) is 11.5. The monoisotopic (exact) mass is 394 g/mol. The summed E-state index contributed by atoms with van der Waals surface area (Å²) >= 11 is 0. The second-order valence-corrected chi connectivity index (χ2v) is 7.93. The molecule has 0 aliphatic rings. The highest BCUT2D eigenvalue weighted by Gasteiger charge is 2.01. The summed E-state index contributed by atoms with van der Waals surface area (Å²) in [7, 11) is 0. The van der Waals surface area contributed by atoms with Crippen molar-refractivity contribution in [2.45, 2.75) is 52.4 Å². The van der Waals surface area contributed by atoms with E-state index in [9.17, 15) is 0 Å². The minimum atomic E-state index is 1.09. The summed E-state index contributed by atoms with van der Waals surface area (Å²) in [6, 6.07) is 27.2. The Kier molecular flexibility index (Phi) is 8.72. The summed E-state index contributed by atoms with van der Waals surface area (Å²) < 4.78 is 0. The van der Waals surface area contributed by atoms with Crippen molar-refractivity contribution in [2.24, 2.45) is 0 Å². The van der Waals surface area contributed by atoms with Gasteiger partial charge in [-0.3, -0.25) is 0 Å². The second-order valence-electron chi connectivity index (χ2n) is 7.93. The van der Waals surface area contributed by atoms with Crippen LogP contribution < -0.4 is 0 Å². The maximum atomic E-state index is 2.29. The van der Waals surface area contributed by atoms with E-state index in [1.54, 1.807) is 0 Å². The lowest BCUT2D eigenvalue weighted by molar-refractivity contribution is 0.951. The van der Waals surface area contributed by atoms with Gasteiger partial charge >= 0.3 is 0 Å². The van der Waals surface area contributed by atoms with Crippen LogP contribution in [0.5, 0.6) is 0 Å². The van der Waals surface area contributed by atoms with Crippen LogP contribution in [0.25, 0.3) is 11.1 Å². The predicted molar refractivity (Wildman–Crippen MR) is 132 cm³/mol. The van der Waals surface area contributed by atoms with Crippen molar-refractivity contribution in [3.63, 3.8) is 0 Å². The minimum Gasteiger partial charge on any atom is -0.0917 e. The molecule has 0 aliphatic heterocycles. The minimum absolute atomic E-state index is 1.09. The average molecular weight is 395 g/mol. The Hall–Kier alpha value is -2.86. The summed E-state index contributed by atoms with van der Waals surface area (Å²) in [5.41, 5.74) is 8.24. The molecule has 0 unspecified atom stereocenters. The Morgan fingerprint density at radius 2 is 0.733 bits per heavy atom. The molecule has 154 valence electrons. The van der Waals surface area contributed by atoms with Gasteiger partial charge in [-0.05, 0) is 85.8 Å². The molecule has 0 atom stereocenters. The molecular formula is C30H34. The molecule has 3 aromatic rings. The maximum absolute atomic E-state index is 2.29. The first-order valence-electron chi connectivity index (χ1n) is 11.3. The second kappa shape index (κ2) is 12.0. The van der Waals surface area contributed by atoms with Gasteiger partial charge < -0.3 is 0 Å². The van der Waals surface area contributed by atoms with Crippen LogP contribution in [0.3, 0.4) is 0 Å². The standard InChI is InChI=1S/C30H34/c1-3-5-7-9-25-11-13-27(14-12-25)15-16-28-19-23-30(24-20-28)29-21-17-26(18-22-29)10-8-6-4-2/h3-6,11-14,17-24H,7-10,15-16H2,1-2H3/b5-3+,6-4+. The van der Waals surface area contributed by atoms with Gasteiger partial charge in [0.15, 0.2) is 0 Å². The lowest BCUT2D eigenvalue weighted by atomic mass is 9.98. The lowest BCUT2D eigenvalue weighted by Crippen LogP contribution is -1.92. The summed E-state index contributed by atoms with van der Waals surface area (Å²) in [5, 5.41) is 0. The summed E-state index contributed by atoms with van der Waals surface area (Å²) in [5.74, 6) is 0. The van der Waals surface area contributed by atoms with E-state index in [1.165, 1.54) is 33.4 Å². The van der Waals surface area contributed by atoms with Gasteiger partial charge in [0.05, 0.1) is 0 Å². The molecule has 0 nitrogen and oxygen atoms in total. The van der Waals surface area contributed by atoms with Crippen LogP contribution in [0.1, 0.15) is 48.9 Å². The smallest absolute Gasteiger partial charge is 0.0184 e. The van der Waals surface area contributed by atoms with Gasteiger partial charge in [0.25, 0.3) is 0 Å². The summed E-state index contributed by atoms with van der Waals surface area (Å²) in [6.45, 7) is 4.16. The van der Waals surface area contributed by atoms with Crippen molar-refractivity contribution in [3.8, 4) is 11.1 Å². The Bertz CT molecular complexity index is 923. The zero-order chi connectivity index (χ0) is 21.0. The fraction of sp³-hybridized carbons (Fsp3) is 0.267. The Morgan fingerprint density at radius 1 is 0.433 bits per heavy atom. The van der Waals surface area contributed by atoms with Gasteiger partial charge in [-0.2, -0.15) is 0 Å². The largest absolute Gasteiger partial charge is 0.0917 e. The summed E-state index contributed by atoms with van der Waals surface area (Å²) in [4.78, 5) is 0. The Balaban J connectivity index is 1.52.